The van der Waals surface area contributed by atoms with E-state index in [2.05, 4.69) is 27.8 Å². The molecule has 2 N–H and O–H groups in total. The van der Waals surface area contributed by atoms with E-state index < -0.39 is 5.41 Å². The first-order valence-electron chi connectivity index (χ1n) is 12.8. The predicted octanol–water partition coefficient (Wildman–Crippen LogP) is 3.85. The predicted molar refractivity (Wildman–Crippen MR) is 140 cm³/mol. The summed E-state index contributed by atoms with van der Waals surface area (Å²) in [7, 11) is 0. The number of imide groups is 1. The number of nitrogens with one attached hydrogen (secondary N) is 2. The number of amides is 4. The van der Waals surface area contributed by atoms with E-state index in [4.69, 9.17) is 4.74 Å². The molecule has 2 fully saturated rings. The minimum absolute atomic E-state index is 0.0284. The second-order valence-electron chi connectivity index (χ2n) is 10.3. The average Bonchev–Trinajstić information content (AvgIpc) is 3.21. The van der Waals surface area contributed by atoms with Crippen molar-refractivity contribution in [2.75, 3.05) is 19.6 Å². The highest BCUT2D eigenvalue weighted by molar-refractivity contribution is 6.01. The van der Waals surface area contributed by atoms with E-state index in [0.29, 0.717) is 25.6 Å². The molecule has 2 atom stereocenters. The molecule has 2 unspecified atom stereocenters. The molecule has 0 bridgehead atoms. The van der Waals surface area contributed by atoms with Crippen molar-refractivity contribution in [1.82, 2.24) is 20.5 Å². The van der Waals surface area contributed by atoms with Crippen LogP contribution in [0.1, 0.15) is 43.0 Å². The van der Waals surface area contributed by atoms with E-state index in [0.717, 1.165) is 52.7 Å². The van der Waals surface area contributed by atoms with Gasteiger partial charge < -0.3 is 15.0 Å². The molecule has 0 aliphatic carbocycles. The maximum atomic E-state index is 12.9. The van der Waals surface area contributed by atoms with Crippen LogP contribution < -0.4 is 15.4 Å². The fraction of sp³-hybridized carbons (Fsp3) is 0.379. The number of hydrogen-bond acceptors (Lipinski definition) is 5. The van der Waals surface area contributed by atoms with Crippen molar-refractivity contribution in [2.24, 2.45) is 5.92 Å². The minimum Gasteiger partial charge on any atom is -0.489 e. The molecule has 8 nitrogen and oxygen atoms in total. The van der Waals surface area contributed by atoms with E-state index in [1.54, 1.807) is 0 Å². The molecule has 2 aliphatic rings. The van der Waals surface area contributed by atoms with E-state index in [1.165, 1.54) is 4.90 Å². The number of nitrogens with zero attached hydrogens (tertiary/aromatic N) is 2. The van der Waals surface area contributed by atoms with Crippen LogP contribution in [0.2, 0.25) is 0 Å². The van der Waals surface area contributed by atoms with Gasteiger partial charge in [-0.05, 0) is 68.9 Å². The van der Waals surface area contributed by atoms with Crippen LogP contribution in [0.5, 0.6) is 5.75 Å². The molecular weight excluding hydrogens is 468 g/mol. The number of para-hydroxylation sites is 1. The molecular formula is C29H32N4O4. The van der Waals surface area contributed by atoms with Gasteiger partial charge in [0.1, 0.15) is 18.9 Å². The number of aryl methyl sites for hydroxylation is 1. The Bertz CT molecular complexity index is 1340. The van der Waals surface area contributed by atoms with Gasteiger partial charge in [0.25, 0.3) is 0 Å². The van der Waals surface area contributed by atoms with Crippen LogP contribution in [-0.2, 0) is 21.6 Å². The second kappa shape index (κ2) is 10.2. The highest BCUT2D eigenvalue weighted by atomic mass is 16.5. The zero-order valence-electron chi connectivity index (χ0n) is 21.3. The molecule has 37 heavy (non-hydrogen) atoms. The molecule has 8 heteroatoms. The molecule has 2 aromatic carbocycles. The van der Waals surface area contributed by atoms with Crippen molar-refractivity contribution in [3.63, 3.8) is 0 Å². The van der Waals surface area contributed by atoms with Gasteiger partial charge in [0.05, 0.1) is 10.9 Å². The van der Waals surface area contributed by atoms with Crippen molar-refractivity contribution in [1.29, 1.82) is 0 Å². The summed E-state index contributed by atoms with van der Waals surface area (Å²) in [4.78, 5) is 42.2. The molecule has 5 rings (SSSR count). The van der Waals surface area contributed by atoms with Crippen LogP contribution in [0.25, 0.3) is 10.9 Å². The van der Waals surface area contributed by atoms with Crippen LogP contribution in [-0.4, -0.2) is 47.4 Å². The SMILES string of the molecule is Cc1cc(COc2ccc(C3(C)CC(CCCN4CC(=O)NC4=O)CNC3=O)cc2)c2ccccc2n1. The van der Waals surface area contributed by atoms with Crippen molar-refractivity contribution >= 4 is 28.7 Å². The fourth-order valence-electron chi connectivity index (χ4n) is 5.46. The van der Waals surface area contributed by atoms with Gasteiger partial charge in [-0.25, -0.2) is 4.79 Å². The fourth-order valence-corrected chi connectivity index (χ4v) is 5.46. The van der Waals surface area contributed by atoms with Crippen LogP contribution in [0, 0.1) is 12.8 Å². The topological polar surface area (TPSA) is 101 Å². The van der Waals surface area contributed by atoms with E-state index in [-0.39, 0.29) is 24.4 Å². The number of hydrogen-bond donors (Lipinski definition) is 2. The smallest absolute Gasteiger partial charge is 0.324 e. The Hall–Kier alpha value is -3.94. The van der Waals surface area contributed by atoms with Gasteiger partial charge >= 0.3 is 6.03 Å². The number of ether oxygens (including phenoxy) is 1. The van der Waals surface area contributed by atoms with E-state index >= 15 is 0 Å². The summed E-state index contributed by atoms with van der Waals surface area (Å²) in [5.74, 6) is 0.820. The Balaban J connectivity index is 1.21. The Kier molecular flexibility index (Phi) is 6.82. The maximum Gasteiger partial charge on any atom is 0.324 e. The summed E-state index contributed by atoms with van der Waals surface area (Å²) in [6.07, 6.45) is 2.38. The summed E-state index contributed by atoms with van der Waals surface area (Å²) in [5, 5.41) is 6.47. The van der Waals surface area contributed by atoms with Gasteiger partial charge in [-0.3, -0.25) is 19.9 Å². The zero-order chi connectivity index (χ0) is 26.0. The molecule has 4 amide bonds. The van der Waals surface area contributed by atoms with Crippen molar-refractivity contribution in [3.05, 3.63) is 71.4 Å². The number of rotatable bonds is 8. The average molecular weight is 501 g/mol. The number of piperidine rings is 1. The largest absolute Gasteiger partial charge is 0.489 e. The van der Waals surface area contributed by atoms with Gasteiger partial charge in [-0.15, -0.1) is 0 Å². The molecule has 192 valence electrons. The van der Waals surface area contributed by atoms with E-state index in [9.17, 15) is 14.4 Å². The van der Waals surface area contributed by atoms with Crippen molar-refractivity contribution in [2.45, 2.75) is 45.1 Å². The molecule has 2 saturated heterocycles. The van der Waals surface area contributed by atoms with Gasteiger partial charge in [0.2, 0.25) is 11.8 Å². The Labute approximate surface area is 216 Å². The quantitative estimate of drug-likeness (QED) is 0.458. The van der Waals surface area contributed by atoms with Crippen LogP contribution in [0.3, 0.4) is 0 Å². The first kappa shape index (κ1) is 24.7. The molecule has 0 spiro atoms. The van der Waals surface area contributed by atoms with E-state index in [1.807, 2.05) is 56.3 Å². The number of benzene rings is 2. The molecule has 0 saturated carbocycles. The lowest BCUT2D eigenvalue weighted by molar-refractivity contribution is -0.129. The standard InChI is InChI=1S/C29H32N4O4/c1-19-14-21(24-7-3-4-8-25(24)31-19)18-37-23-11-9-22(10-12-23)29(2)15-20(16-30-27(29)35)6-5-13-33-17-26(34)32-28(33)36/h3-4,7-12,14,20H,5-6,13,15-18H2,1-2H3,(H,30,35)(H,32,34,36). The Morgan fingerprint density at radius 2 is 1.89 bits per heavy atom. The third kappa shape index (κ3) is 5.28. The molecule has 3 aromatic rings. The number of carbonyl (C=O) groups is 3. The summed E-state index contributed by atoms with van der Waals surface area (Å²) >= 11 is 0. The lowest BCUT2D eigenvalue weighted by Crippen LogP contribution is -2.50. The number of pyridine rings is 1. The van der Waals surface area contributed by atoms with Crippen LogP contribution in [0.4, 0.5) is 4.79 Å². The maximum absolute atomic E-state index is 12.9. The third-order valence-electron chi connectivity index (χ3n) is 7.47. The lowest BCUT2D eigenvalue weighted by atomic mass is 9.71. The Morgan fingerprint density at radius 1 is 1.11 bits per heavy atom. The van der Waals surface area contributed by atoms with Crippen molar-refractivity contribution < 1.29 is 19.1 Å². The monoisotopic (exact) mass is 500 g/mol. The molecule has 1 aromatic heterocycles. The summed E-state index contributed by atoms with van der Waals surface area (Å²) in [6.45, 7) is 5.70. The van der Waals surface area contributed by atoms with Gasteiger partial charge in [0, 0.05) is 29.7 Å². The van der Waals surface area contributed by atoms with Crippen LogP contribution >= 0.6 is 0 Å². The summed E-state index contributed by atoms with van der Waals surface area (Å²) in [5.41, 5.74) is 3.32. The molecule has 2 aliphatic heterocycles. The highest BCUT2D eigenvalue weighted by Gasteiger charge is 2.41. The minimum atomic E-state index is -0.638. The van der Waals surface area contributed by atoms with Gasteiger partial charge in [0.15, 0.2) is 0 Å². The number of fused-ring (bicyclic) bond motifs is 1. The first-order chi connectivity index (χ1) is 17.8. The molecule has 0 radical (unpaired) electrons. The first-order valence-corrected chi connectivity index (χ1v) is 12.8. The molecule has 3 heterocycles. The zero-order valence-corrected chi connectivity index (χ0v) is 21.3. The van der Waals surface area contributed by atoms with Gasteiger partial charge in [-0.1, -0.05) is 30.3 Å². The second-order valence-corrected chi connectivity index (χ2v) is 10.3. The van der Waals surface area contributed by atoms with Crippen molar-refractivity contribution in [3.8, 4) is 5.75 Å². The normalized spacial score (nSPS) is 21.7. The summed E-state index contributed by atoms with van der Waals surface area (Å²) < 4.78 is 6.11. The lowest BCUT2D eigenvalue weighted by Gasteiger charge is -2.38. The van der Waals surface area contributed by atoms with Gasteiger partial charge in [-0.2, -0.15) is 0 Å². The number of aromatic nitrogens is 1. The van der Waals surface area contributed by atoms with Crippen LogP contribution in [0.15, 0.2) is 54.6 Å². The Morgan fingerprint density at radius 3 is 2.65 bits per heavy atom. The number of carbonyl (C=O) groups excluding carboxylic acids is 3. The third-order valence-corrected chi connectivity index (χ3v) is 7.47. The summed E-state index contributed by atoms with van der Waals surface area (Å²) in [6, 6.07) is 17.6. The highest BCUT2D eigenvalue weighted by Crippen LogP contribution is 2.36. The number of urea groups is 1.